The predicted molar refractivity (Wildman–Crippen MR) is 317 cm³/mol. The zero-order valence-electron chi connectivity index (χ0n) is 44.3. The van der Waals surface area contributed by atoms with Crippen LogP contribution in [-0.4, -0.2) is 24.1 Å². The number of imidazole rings is 2. The first-order valence-corrected chi connectivity index (χ1v) is 26.2. The average molecular weight is 1180 g/mol. The minimum absolute atomic E-state index is 0. The van der Waals surface area contributed by atoms with Crippen molar-refractivity contribution in [3.05, 3.63) is 261 Å². The molecular formula is C72H56IrN5. The molecule has 78 heavy (non-hydrogen) atoms. The maximum Gasteiger partial charge on any atom is 3.00 e. The first kappa shape index (κ1) is 51.3. The molecule has 378 valence electrons. The third kappa shape index (κ3) is 10.7. The molecule has 3 aromatic heterocycles. The van der Waals surface area contributed by atoms with Crippen LogP contribution in [0, 0.1) is 23.6 Å². The molecule has 0 bridgehead atoms. The Morgan fingerprint density at radius 2 is 0.821 bits per heavy atom. The van der Waals surface area contributed by atoms with E-state index in [1.807, 2.05) is 54.1 Å². The molecule has 5 nitrogen and oxygen atoms in total. The average Bonchev–Trinajstić information content (AvgIpc) is 4.20. The molecule has 12 aromatic rings. The molecule has 0 unspecified atom stereocenters. The van der Waals surface area contributed by atoms with Crippen LogP contribution >= 0.6 is 0 Å². The summed E-state index contributed by atoms with van der Waals surface area (Å²) in [5.41, 5.74) is 23.0. The topological polar surface area (TPSA) is 48.5 Å². The molecule has 0 N–H and O–H groups in total. The van der Waals surface area contributed by atoms with E-state index in [1.54, 1.807) is 0 Å². The maximum atomic E-state index is 5.27. The second-order valence-electron chi connectivity index (χ2n) is 21.0. The van der Waals surface area contributed by atoms with E-state index in [9.17, 15) is 0 Å². The van der Waals surface area contributed by atoms with Gasteiger partial charge in [0, 0.05) is 50.6 Å². The predicted octanol–water partition coefficient (Wildman–Crippen LogP) is 17.9. The van der Waals surface area contributed by atoms with Crippen molar-refractivity contribution in [1.82, 2.24) is 24.1 Å². The van der Waals surface area contributed by atoms with E-state index >= 15 is 0 Å². The second kappa shape index (κ2) is 22.0. The van der Waals surface area contributed by atoms with Gasteiger partial charge in [-0.2, -0.15) is 0 Å². The van der Waals surface area contributed by atoms with Gasteiger partial charge in [-0.25, -0.2) is 0 Å². The molecule has 9 aromatic carbocycles. The van der Waals surface area contributed by atoms with Crippen LogP contribution in [0.3, 0.4) is 0 Å². The van der Waals surface area contributed by atoms with Gasteiger partial charge in [-0.05, 0) is 96.9 Å². The van der Waals surface area contributed by atoms with E-state index in [-0.39, 0.29) is 25.5 Å². The first-order valence-electron chi connectivity index (χ1n) is 26.2. The standard InChI is InChI=1S/C72H56N5.Ir/c1-72(2,3)47-61-46-69(57-19-15-18-56(42-57)51-28-26-50(27-29-51)49-16-7-6-8-17-49)75-48-68(61)67-25-14-13-24-66(67)60-44-58(64-22-11-9-20-62(64)52-30-34-54(35-31-52)70-73-38-40-76(70)4)43-59(45-60)65-23-12-10-21-63(65)53-32-36-55(37-33-53)71-74-39-41-77(71)5;/h6-18,20-34,36,38-46,48H,47H2,1-5H3;/q-3;+3. The van der Waals surface area contributed by atoms with Gasteiger partial charge < -0.3 is 14.1 Å². The van der Waals surface area contributed by atoms with Crippen molar-refractivity contribution >= 4 is 0 Å². The number of hydrogen-bond donors (Lipinski definition) is 0. The van der Waals surface area contributed by atoms with Crippen LogP contribution in [0.4, 0.5) is 0 Å². The molecule has 0 spiro atoms. The number of aryl methyl sites for hydroxylation is 2. The Kier molecular flexibility index (Phi) is 14.5. The molecule has 0 atom stereocenters. The summed E-state index contributed by atoms with van der Waals surface area (Å²) in [5, 5.41) is 0. The van der Waals surface area contributed by atoms with E-state index < -0.39 is 0 Å². The molecule has 3 heterocycles. The number of nitrogens with zero attached hydrogens (tertiary/aromatic N) is 5. The molecule has 0 saturated heterocycles. The fourth-order valence-corrected chi connectivity index (χ4v) is 10.6. The fourth-order valence-electron chi connectivity index (χ4n) is 10.6. The minimum atomic E-state index is -0.00507. The Hall–Kier alpha value is -8.80. The number of aromatic nitrogens is 5. The number of rotatable bonds is 12. The number of hydrogen-bond acceptors (Lipinski definition) is 3. The van der Waals surface area contributed by atoms with Gasteiger partial charge in [-0.3, -0.25) is 9.97 Å². The quantitative estimate of drug-likeness (QED) is 0.115. The van der Waals surface area contributed by atoms with Crippen LogP contribution in [0.25, 0.3) is 123 Å². The molecular weight excluding hydrogens is 1130 g/mol. The molecule has 0 saturated carbocycles. The van der Waals surface area contributed by atoms with Crippen molar-refractivity contribution < 1.29 is 20.1 Å². The normalized spacial score (nSPS) is 11.3. The Morgan fingerprint density at radius 1 is 0.385 bits per heavy atom. The fraction of sp³-hybridized carbons (Fsp3) is 0.0972. The van der Waals surface area contributed by atoms with Gasteiger partial charge in [-0.1, -0.05) is 176 Å². The van der Waals surface area contributed by atoms with Crippen LogP contribution in [-0.2, 0) is 40.6 Å². The van der Waals surface area contributed by atoms with Crippen molar-refractivity contribution in [2.45, 2.75) is 27.2 Å². The summed E-state index contributed by atoms with van der Waals surface area (Å²) in [4.78, 5) is 14.5. The van der Waals surface area contributed by atoms with Crippen molar-refractivity contribution in [1.29, 1.82) is 0 Å². The smallest absolute Gasteiger partial charge is 0.373 e. The van der Waals surface area contributed by atoms with Gasteiger partial charge in [0.15, 0.2) is 0 Å². The van der Waals surface area contributed by atoms with Crippen LogP contribution in [0.5, 0.6) is 0 Å². The third-order valence-corrected chi connectivity index (χ3v) is 14.4. The summed E-state index contributed by atoms with van der Waals surface area (Å²) in [6, 6.07) is 84.8. The van der Waals surface area contributed by atoms with Crippen LogP contribution in [0.15, 0.2) is 237 Å². The van der Waals surface area contributed by atoms with Crippen molar-refractivity contribution in [3.8, 4) is 123 Å². The molecule has 0 aliphatic carbocycles. The van der Waals surface area contributed by atoms with Gasteiger partial charge in [0.25, 0.3) is 0 Å². The summed E-state index contributed by atoms with van der Waals surface area (Å²) in [6.07, 6.45) is 10.5. The molecule has 0 amide bonds. The summed E-state index contributed by atoms with van der Waals surface area (Å²) in [6.45, 7) is 6.94. The van der Waals surface area contributed by atoms with Gasteiger partial charge in [0.2, 0.25) is 0 Å². The molecule has 0 fully saturated rings. The molecule has 0 aliphatic heterocycles. The van der Waals surface area contributed by atoms with Crippen molar-refractivity contribution in [3.63, 3.8) is 0 Å². The minimum Gasteiger partial charge on any atom is -0.373 e. The Balaban J connectivity index is 0.00000645. The summed E-state index contributed by atoms with van der Waals surface area (Å²) in [7, 11) is 4.03. The van der Waals surface area contributed by atoms with E-state index in [0.717, 1.165) is 118 Å². The van der Waals surface area contributed by atoms with Gasteiger partial charge in [0.1, 0.15) is 0 Å². The van der Waals surface area contributed by atoms with Gasteiger partial charge in [0.05, 0.1) is 11.6 Å². The summed E-state index contributed by atoms with van der Waals surface area (Å²) < 4.78 is 4.05. The molecule has 6 heteroatoms. The van der Waals surface area contributed by atoms with E-state index in [1.165, 1.54) is 16.7 Å². The van der Waals surface area contributed by atoms with E-state index in [0.29, 0.717) is 0 Å². The third-order valence-electron chi connectivity index (χ3n) is 14.4. The van der Waals surface area contributed by atoms with E-state index in [2.05, 4.69) is 255 Å². The summed E-state index contributed by atoms with van der Waals surface area (Å²) in [5.74, 6) is 1.76. The van der Waals surface area contributed by atoms with E-state index in [4.69, 9.17) is 4.98 Å². The zero-order chi connectivity index (χ0) is 52.5. The monoisotopic (exact) mass is 1180 g/mol. The molecule has 0 aliphatic rings. The molecule has 0 radical (unpaired) electrons. The Morgan fingerprint density at radius 3 is 1.28 bits per heavy atom. The summed E-state index contributed by atoms with van der Waals surface area (Å²) >= 11 is 0. The maximum absolute atomic E-state index is 5.27. The Bertz CT molecular complexity index is 3900. The van der Waals surface area contributed by atoms with Crippen LogP contribution < -0.4 is 0 Å². The SMILES string of the molecule is Cn1ccnc1-c1[c-]cc(-c2ccccc2-c2cc(-c3ccccc3-c3c[c-]c(-c4nccn4C)cc3)cc(-c3ccccc3-c3cnc(-c4[c-]ccc(-c5ccc(-c6ccccc6)cc5)c4)cc3CC(C)(C)C)c2)cc1.[Ir+3]. The number of pyridine rings is 1. The van der Waals surface area contributed by atoms with Gasteiger partial charge in [-0.15, -0.1) is 95.1 Å². The van der Waals surface area contributed by atoms with Crippen LogP contribution in [0.1, 0.15) is 26.3 Å². The van der Waals surface area contributed by atoms with Gasteiger partial charge >= 0.3 is 20.1 Å². The largest absolute Gasteiger partial charge is 3.00 e. The molecule has 12 rings (SSSR count). The van der Waals surface area contributed by atoms with Crippen molar-refractivity contribution in [2.75, 3.05) is 0 Å². The van der Waals surface area contributed by atoms with Crippen molar-refractivity contribution in [2.24, 2.45) is 19.5 Å². The van der Waals surface area contributed by atoms with Crippen LogP contribution in [0.2, 0.25) is 0 Å². The first-order chi connectivity index (χ1) is 37.6. The Labute approximate surface area is 472 Å². The zero-order valence-corrected chi connectivity index (χ0v) is 46.7. The number of benzene rings is 9. The second-order valence-corrected chi connectivity index (χ2v) is 21.0.